The van der Waals surface area contributed by atoms with Gasteiger partial charge in [-0.2, -0.15) is 13.2 Å². The van der Waals surface area contributed by atoms with E-state index in [1.807, 2.05) is 32.9 Å². The second kappa shape index (κ2) is 9.24. The molecule has 1 aliphatic rings. The molecule has 178 valence electrons. The highest BCUT2D eigenvalue weighted by atomic mass is 19.4. The number of hydrogen-bond donors (Lipinski definition) is 1. The molecule has 1 heterocycles. The molecular formula is C27H31F3O3. The SMILES string of the molecule is C=C(C)c1cc(C)cc(CC)c1-c1c(O)cc(C(C)C[C@@H]2C(C)=CC[C@@H]2C(F)(F)F)oc1=O. The van der Waals surface area contributed by atoms with Crippen LogP contribution >= 0.6 is 0 Å². The van der Waals surface area contributed by atoms with Crippen molar-refractivity contribution in [2.45, 2.75) is 66.0 Å². The second-order valence-electron chi connectivity index (χ2n) is 9.25. The first-order valence-corrected chi connectivity index (χ1v) is 11.2. The fourth-order valence-electron chi connectivity index (χ4n) is 4.90. The lowest BCUT2D eigenvalue weighted by molar-refractivity contribution is -0.182. The molecular weight excluding hydrogens is 429 g/mol. The summed E-state index contributed by atoms with van der Waals surface area (Å²) in [6.45, 7) is 13.2. The minimum atomic E-state index is -4.29. The number of hydrogen-bond acceptors (Lipinski definition) is 3. The summed E-state index contributed by atoms with van der Waals surface area (Å²) in [5.74, 6) is -2.63. The highest BCUT2D eigenvalue weighted by molar-refractivity contribution is 5.84. The Bertz CT molecular complexity index is 1150. The summed E-state index contributed by atoms with van der Waals surface area (Å²) in [7, 11) is 0. The molecule has 1 aromatic carbocycles. The lowest BCUT2D eigenvalue weighted by atomic mass is 9.82. The van der Waals surface area contributed by atoms with Gasteiger partial charge in [-0.3, -0.25) is 0 Å². The fraction of sp³-hybridized carbons (Fsp3) is 0.444. The van der Waals surface area contributed by atoms with E-state index in [2.05, 4.69) is 6.58 Å². The molecule has 33 heavy (non-hydrogen) atoms. The van der Waals surface area contributed by atoms with Crippen molar-refractivity contribution in [1.29, 1.82) is 0 Å². The number of halogens is 3. The zero-order valence-corrected chi connectivity index (χ0v) is 19.8. The van der Waals surface area contributed by atoms with E-state index in [4.69, 9.17) is 4.42 Å². The van der Waals surface area contributed by atoms with Crippen LogP contribution in [0.4, 0.5) is 13.2 Å². The maximum atomic E-state index is 13.5. The first-order chi connectivity index (χ1) is 15.3. The Morgan fingerprint density at radius 3 is 2.45 bits per heavy atom. The third kappa shape index (κ3) is 4.94. The Kier molecular flexibility index (Phi) is 6.96. The van der Waals surface area contributed by atoms with E-state index in [1.165, 1.54) is 6.07 Å². The topological polar surface area (TPSA) is 50.4 Å². The van der Waals surface area contributed by atoms with E-state index in [0.29, 0.717) is 17.6 Å². The van der Waals surface area contributed by atoms with Crippen molar-refractivity contribution in [3.63, 3.8) is 0 Å². The molecule has 6 heteroatoms. The molecule has 1 N–H and O–H groups in total. The van der Waals surface area contributed by atoms with Gasteiger partial charge in [0.25, 0.3) is 0 Å². The minimum absolute atomic E-state index is 0.0300. The van der Waals surface area contributed by atoms with E-state index in [9.17, 15) is 23.1 Å². The Morgan fingerprint density at radius 2 is 1.91 bits per heavy atom. The first kappa shape index (κ1) is 24.9. The van der Waals surface area contributed by atoms with Crippen molar-refractivity contribution in [1.82, 2.24) is 0 Å². The molecule has 1 aromatic heterocycles. The maximum Gasteiger partial charge on any atom is 0.392 e. The highest BCUT2D eigenvalue weighted by Gasteiger charge is 2.47. The molecule has 3 nitrogen and oxygen atoms in total. The average molecular weight is 461 g/mol. The van der Waals surface area contributed by atoms with Gasteiger partial charge in [-0.15, -0.1) is 0 Å². The van der Waals surface area contributed by atoms with Crippen molar-refractivity contribution < 1.29 is 22.7 Å². The van der Waals surface area contributed by atoms with Crippen molar-refractivity contribution in [3.8, 4) is 16.9 Å². The largest absolute Gasteiger partial charge is 0.507 e. The van der Waals surface area contributed by atoms with Crippen molar-refractivity contribution in [2.24, 2.45) is 11.8 Å². The summed E-state index contributed by atoms with van der Waals surface area (Å²) in [6, 6.07) is 5.25. The van der Waals surface area contributed by atoms with Crippen LogP contribution in [-0.4, -0.2) is 11.3 Å². The molecule has 0 spiro atoms. The molecule has 0 amide bonds. The first-order valence-electron chi connectivity index (χ1n) is 11.2. The summed E-state index contributed by atoms with van der Waals surface area (Å²) in [5, 5.41) is 10.9. The monoisotopic (exact) mass is 460 g/mol. The van der Waals surface area contributed by atoms with Gasteiger partial charge in [-0.05, 0) is 57.1 Å². The van der Waals surface area contributed by atoms with Crippen molar-refractivity contribution in [3.05, 3.63) is 69.3 Å². The van der Waals surface area contributed by atoms with Crippen LogP contribution in [0.25, 0.3) is 16.7 Å². The van der Waals surface area contributed by atoms with Crippen LogP contribution in [0.15, 0.2) is 45.6 Å². The van der Waals surface area contributed by atoms with E-state index >= 15 is 0 Å². The number of rotatable bonds is 6. The lowest BCUT2D eigenvalue weighted by Crippen LogP contribution is -2.28. The average Bonchev–Trinajstić information content (AvgIpc) is 3.08. The lowest BCUT2D eigenvalue weighted by Gasteiger charge is -2.26. The predicted molar refractivity (Wildman–Crippen MR) is 125 cm³/mol. The number of aryl methyl sites for hydroxylation is 2. The van der Waals surface area contributed by atoms with E-state index in [0.717, 1.165) is 22.3 Å². The van der Waals surface area contributed by atoms with Gasteiger partial charge in [0, 0.05) is 17.5 Å². The number of benzene rings is 1. The summed E-state index contributed by atoms with van der Waals surface area (Å²) < 4.78 is 46.0. The molecule has 0 bridgehead atoms. The molecule has 0 saturated heterocycles. The third-order valence-corrected chi connectivity index (χ3v) is 6.68. The van der Waals surface area contributed by atoms with Gasteiger partial charge >= 0.3 is 11.8 Å². The Hall–Kier alpha value is -2.76. The van der Waals surface area contributed by atoms with Crippen molar-refractivity contribution in [2.75, 3.05) is 0 Å². The Balaban J connectivity index is 2.02. The fourth-order valence-corrected chi connectivity index (χ4v) is 4.90. The standard InChI is InChI=1S/C27H31F3O3/c1-7-18-10-15(4)11-19(14(2)3)24(18)25-22(31)13-23(33-26(25)32)17(6)12-20-16(5)8-9-21(20)27(28,29)30/h8,10-11,13,17,20-21,31H,2,7,9,12H2,1,3-6H3/t17?,20-,21+/m1/s1. The predicted octanol–water partition coefficient (Wildman–Crippen LogP) is 7.55. The molecule has 1 aliphatic carbocycles. The minimum Gasteiger partial charge on any atom is -0.507 e. The zero-order valence-electron chi connectivity index (χ0n) is 19.8. The molecule has 1 unspecified atom stereocenters. The van der Waals surface area contributed by atoms with Crippen molar-refractivity contribution >= 4 is 5.57 Å². The number of allylic oxidation sites excluding steroid dienone is 3. The highest BCUT2D eigenvalue weighted by Crippen LogP contribution is 2.47. The van der Waals surface area contributed by atoms with Crippen LogP contribution < -0.4 is 5.63 Å². The maximum absolute atomic E-state index is 13.5. The summed E-state index contributed by atoms with van der Waals surface area (Å²) >= 11 is 0. The van der Waals surface area contributed by atoms with Gasteiger partial charge in [0.2, 0.25) is 0 Å². The van der Waals surface area contributed by atoms with Crippen LogP contribution in [0.5, 0.6) is 5.75 Å². The summed E-state index contributed by atoms with van der Waals surface area (Å²) in [6.07, 6.45) is -1.87. The van der Waals surface area contributed by atoms with Gasteiger partial charge in [-0.1, -0.05) is 55.3 Å². The van der Waals surface area contributed by atoms with E-state index < -0.39 is 29.6 Å². The second-order valence-corrected chi connectivity index (χ2v) is 9.25. The van der Waals surface area contributed by atoms with Crippen LogP contribution in [0.2, 0.25) is 0 Å². The molecule has 0 radical (unpaired) electrons. The van der Waals surface area contributed by atoms with Gasteiger partial charge in [0.1, 0.15) is 17.1 Å². The van der Waals surface area contributed by atoms with E-state index in [1.54, 1.807) is 19.9 Å². The molecule has 0 fully saturated rings. The Morgan fingerprint density at radius 1 is 1.24 bits per heavy atom. The summed E-state index contributed by atoms with van der Waals surface area (Å²) in [4.78, 5) is 13.1. The van der Waals surface area contributed by atoms with Gasteiger partial charge in [0.15, 0.2) is 0 Å². The molecule has 2 aromatic rings. The number of alkyl halides is 3. The molecule has 3 rings (SSSR count). The molecule has 0 aliphatic heterocycles. The molecule has 0 saturated carbocycles. The third-order valence-electron chi connectivity index (χ3n) is 6.68. The van der Waals surface area contributed by atoms with Crippen LogP contribution in [0.1, 0.15) is 68.9 Å². The Labute approximate surface area is 192 Å². The quantitative estimate of drug-likeness (QED) is 0.453. The van der Waals surface area contributed by atoms with Gasteiger partial charge in [-0.25, -0.2) is 4.79 Å². The van der Waals surface area contributed by atoms with Gasteiger partial charge in [0.05, 0.1) is 5.92 Å². The molecule has 3 atom stereocenters. The van der Waals surface area contributed by atoms with Gasteiger partial charge < -0.3 is 9.52 Å². The smallest absolute Gasteiger partial charge is 0.392 e. The van der Waals surface area contributed by atoms with Crippen LogP contribution in [0.3, 0.4) is 0 Å². The summed E-state index contributed by atoms with van der Waals surface area (Å²) in [5.41, 5.74) is 4.06. The normalized spacial score (nSPS) is 19.5. The van der Waals surface area contributed by atoms with Crippen LogP contribution in [-0.2, 0) is 6.42 Å². The zero-order chi connectivity index (χ0) is 24.7. The van der Waals surface area contributed by atoms with E-state index in [-0.39, 0.29) is 29.9 Å². The number of aromatic hydroxyl groups is 1. The van der Waals surface area contributed by atoms with Crippen LogP contribution in [0, 0.1) is 18.8 Å².